The Balaban J connectivity index is 1.59. The van der Waals surface area contributed by atoms with Crippen LogP contribution in [-0.2, 0) is 25.1 Å². The molecular formula is C30H35BN4O6S. The van der Waals surface area contributed by atoms with Gasteiger partial charge in [0.2, 0.25) is 10.0 Å². The topological polar surface area (TPSA) is 124 Å². The van der Waals surface area contributed by atoms with Gasteiger partial charge < -0.3 is 19.3 Å². The molecule has 1 amide bonds. The van der Waals surface area contributed by atoms with Gasteiger partial charge in [-0.2, -0.15) is 0 Å². The highest BCUT2D eigenvalue weighted by Gasteiger charge is 2.52. The first-order valence-corrected chi connectivity index (χ1v) is 15.3. The van der Waals surface area contributed by atoms with Crippen LogP contribution in [0.1, 0.15) is 50.5 Å². The summed E-state index contributed by atoms with van der Waals surface area (Å²) < 4.78 is 40.8. The summed E-state index contributed by atoms with van der Waals surface area (Å²) in [6.45, 7) is 9.59. The molecule has 0 radical (unpaired) electrons. The predicted molar refractivity (Wildman–Crippen MR) is 162 cm³/mol. The van der Waals surface area contributed by atoms with E-state index in [9.17, 15) is 18.3 Å². The van der Waals surface area contributed by atoms with E-state index < -0.39 is 34.4 Å². The molecule has 12 heteroatoms. The molecule has 1 saturated heterocycles. The molecule has 1 aliphatic heterocycles. The molecular weight excluding hydrogens is 555 g/mol. The standard InChI is InChI=1S/C30H35BN4O6S/c1-20(36)17-34(6)28(37)23-14-12-22(13-15-23)24-18-35(42(38,39)19-21-10-8-7-9-11-21)27-26(24)33-25(16-32-27)31-40-29(2,3)30(4,5)41-31/h7-16,18,20,36H,17,19H2,1-6H3/t20-/m0/s1. The van der Waals surface area contributed by atoms with Crippen molar-refractivity contribution >= 4 is 39.8 Å². The Labute approximate surface area is 246 Å². The van der Waals surface area contributed by atoms with Crippen molar-refractivity contribution in [1.82, 2.24) is 18.8 Å². The average molecular weight is 591 g/mol. The van der Waals surface area contributed by atoms with Crippen LogP contribution in [0.25, 0.3) is 22.3 Å². The lowest BCUT2D eigenvalue weighted by atomic mass is 9.85. The van der Waals surface area contributed by atoms with Crippen LogP contribution in [0.15, 0.2) is 67.0 Å². The van der Waals surface area contributed by atoms with E-state index in [1.165, 1.54) is 21.3 Å². The average Bonchev–Trinajstić information content (AvgIpc) is 3.42. The summed E-state index contributed by atoms with van der Waals surface area (Å²) in [6.07, 6.45) is 2.36. The zero-order chi connectivity index (χ0) is 30.4. The van der Waals surface area contributed by atoms with Crippen LogP contribution in [0, 0.1) is 0 Å². The van der Waals surface area contributed by atoms with Crippen LogP contribution in [0.3, 0.4) is 0 Å². The van der Waals surface area contributed by atoms with Crippen molar-refractivity contribution in [3.8, 4) is 11.1 Å². The summed E-state index contributed by atoms with van der Waals surface area (Å²) in [5, 5.41) is 9.66. The number of aliphatic hydroxyl groups excluding tert-OH is 1. The zero-order valence-electron chi connectivity index (χ0n) is 24.6. The van der Waals surface area contributed by atoms with Crippen LogP contribution in [-0.4, -0.2) is 76.3 Å². The molecule has 1 atom stereocenters. The van der Waals surface area contributed by atoms with Crippen LogP contribution < -0.4 is 5.59 Å². The van der Waals surface area contributed by atoms with Gasteiger partial charge in [0, 0.05) is 37.1 Å². The third-order valence-electron chi connectivity index (χ3n) is 7.80. The summed E-state index contributed by atoms with van der Waals surface area (Å²) in [5.74, 6) is -0.459. The van der Waals surface area contributed by atoms with Gasteiger partial charge in [0.25, 0.3) is 5.91 Å². The molecule has 0 aliphatic carbocycles. The van der Waals surface area contributed by atoms with Crippen molar-refractivity contribution < 1.29 is 27.6 Å². The molecule has 2 aromatic heterocycles. The minimum atomic E-state index is -3.87. The van der Waals surface area contributed by atoms with E-state index in [1.54, 1.807) is 62.5 Å². The number of benzene rings is 2. The van der Waals surface area contributed by atoms with E-state index in [-0.39, 0.29) is 23.9 Å². The number of likely N-dealkylation sites (N-methyl/N-ethyl adjacent to an activating group) is 1. The van der Waals surface area contributed by atoms with E-state index in [0.717, 1.165) is 0 Å². The lowest BCUT2D eigenvalue weighted by Crippen LogP contribution is -2.41. The third-order valence-corrected chi connectivity index (χ3v) is 9.37. The van der Waals surface area contributed by atoms with E-state index in [4.69, 9.17) is 14.3 Å². The molecule has 1 fully saturated rings. The molecule has 10 nitrogen and oxygen atoms in total. The molecule has 4 aromatic rings. The van der Waals surface area contributed by atoms with Gasteiger partial charge in [0.05, 0.1) is 28.7 Å². The maximum Gasteiger partial charge on any atom is 0.516 e. The predicted octanol–water partition coefficient (Wildman–Crippen LogP) is 3.23. The molecule has 1 N–H and O–H groups in total. The zero-order valence-corrected chi connectivity index (χ0v) is 25.4. The number of rotatable bonds is 8. The Morgan fingerprint density at radius 1 is 1.05 bits per heavy atom. The number of carbonyl (C=O) groups is 1. The molecule has 2 aromatic carbocycles. The maximum absolute atomic E-state index is 13.7. The number of aromatic nitrogens is 3. The van der Waals surface area contributed by atoms with Gasteiger partial charge >= 0.3 is 7.12 Å². The third kappa shape index (κ3) is 5.72. The maximum atomic E-state index is 13.7. The summed E-state index contributed by atoms with van der Waals surface area (Å²) in [5.41, 5.74) is 2.05. The second-order valence-electron chi connectivity index (χ2n) is 11.7. The molecule has 0 unspecified atom stereocenters. The van der Waals surface area contributed by atoms with Gasteiger partial charge in [-0.05, 0) is 57.9 Å². The number of amides is 1. The van der Waals surface area contributed by atoms with Crippen molar-refractivity contribution in [3.63, 3.8) is 0 Å². The molecule has 0 saturated carbocycles. The SMILES string of the molecule is C[C@H](O)CN(C)C(=O)c1ccc(-c2cn(S(=O)(=O)Cc3ccccc3)c3ncc(B4OC(C)(C)C(C)(C)O4)nc23)cc1. The first kappa shape index (κ1) is 29.9. The van der Waals surface area contributed by atoms with Crippen molar-refractivity contribution in [3.05, 3.63) is 78.1 Å². The fourth-order valence-electron chi connectivity index (χ4n) is 4.82. The van der Waals surface area contributed by atoms with Gasteiger partial charge in [0.15, 0.2) is 5.65 Å². The second-order valence-corrected chi connectivity index (χ2v) is 13.6. The summed E-state index contributed by atoms with van der Waals surface area (Å²) in [6, 6.07) is 15.8. The second kappa shape index (κ2) is 10.9. The fraction of sp³-hybridized carbons (Fsp3) is 0.367. The number of fused-ring (bicyclic) bond motifs is 1. The van der Waals surface area contributed by atoms with Crippen LogP contribution in [0.4, 0.5) is 0 Å². The lowest BCUT2D eigenvalue weighted by Gasteiger charge is -2.32. The van der Waals surface area contributed by atoms with Crippen molar-refractivity contribution in [2.24, 2.45) is 0 Å². The molecule has 0 spiro atoms. The molecule has 0 bridgehead atoms. The number of aliphatic hydroxyl groups is 1. The van der Waals surface area contributed by atoms with E-state index in [0.29, 0.717) is 33.4 Å². The number of nitrogens with zero attached hydrogens (tertiary/aromatic N) is 4. The molecule has 1 aliphatic rings. The Hall–Kier alpha value is -3.58. The number of hydrogen-bond donors (Lipinski definition) is 1. The van der Waals surface area contributed by atoms with Crippen LogP contribution >= 0.6 is 0 Å². The highest BCUT2D eigenvalue weighted by atomic mass is 32.2. The van der Waals surface area contributed by atoms with Crippen molar-refractivity contribution in [2.75, 3.05) is 13.6 Å². The Morgan fingerprint density at radius 3 is 2.26 bits per heavy atom. The molecule has 5 rings (SSSR count). The Morgan fingerprint density at radius 2 is 1.67 bits per heavy atom. The monoisotopic (exact) mass is 590 g/mol. The Kier molecular flexibility index (Phi) is 7.78. The summed E-state index contributed by atoms with van der Waals surface area (Å²) in [7, 11) is -3.03. The highest BCUT2D eigenvalue weighted by Crippen LogP contribution is 2.37. The van der Waals surface area contributed by atoms with Gasteiger partial charge in [0.1, 0.15) is 5.52 Å². The van der Waals surface area contributed by atoms with Crippen molar-refractivity contribution in [1.29, 1.82) is 0 Å². The minimum absolute atomic E-state index is 0.179. The first-order valence-electron chi connectivity index (χ1n) is 13.7. The van der Waals surface area contributed by atoms with E-state index in [1.807, 2.05) is 33.8 Å². The van der Waals surface area contributed by atoms with Gasteiger partial charge in [-0.15, -0.1) is 0 Å². The lowest BCUT2D eigenvalue weighted by molar-refractivity contribution is 0.00578. The number of carbonyl (C=O) groups excluding carboxylic acids is 1. The molecule has 220 valence electrons. The largest absolute Gasteiger partial charge is 0.516 e. The smallest absolute Gasteiger partial charge is 0.398 e. The Bertz CT molecular complexity index is 1700. The van der Waals surface area contributed by atoms with Crippen molar-refractivity contribution in [2.45, 2.75) is 57.7 Å². The van der Waals surface area contributed by atoms with Crippen LogP contribution in [0.5, 0.6) is 0 Å². The quantitative estimate of drug-likeness (QED) is 0.311. The first-order chi connectivity index (χ1) is 19.7. The van der Waals surface area contributed by atoms with E-state index in [2.05, 4.69) is 4.98 Å². The number of hydrogen-bond acceptors (Lipinski definition) is 8. The molecule has 42 heavy (non-hydrogen) atoms. The minimum Gasteiger partial charge on any atom is -0.398 e. The molecule has 3 heterocycles. The fourth-order valence-corrected chi connectivity index (χ4v) is 6.24. The van der Waals surface area contributed by atoms with E-state index >= 15 is 0 Å². The summed E-state index contributed by atoms with van der Waals surface area (Å²) >= 11 is 0. The summed E-state index contributed by atoms with van der Waals surface area (Å²) in [4.78, 5) is 23.6. The van der Waals surface area contributed by atoms with Crippen LogP contribution in [0.2, 0.25) is 0 Å². The van der Waals surface area contributed by atoms with Gasteiger partial charge in [-0.1, -0.05) is 42.5 Å². The normalized spacial score (nSPS) is 17.0. The highest BCUT2D eigenvalue weighted by molar-refractivity contribution is 7.89. The van der Waals surface area contributed by atoms with Gasteiger partial charge in [-0.3, -0.25) is 9.78 Å². The van der Waals surface area contributed by atoms with Gasteiger partial charge in [-0.25, -0.2) is 17.4 Å².